The molecule has 0 aliphatic heterocycles. The summed E-state index contributed by atoms with van der Waals surface area (Å²) in [5.74, 6) is -0.344. The van der Waals surface area contributed by atoms with E-state index in [-0.39, 0.29) is 6.61 Å². The number of hydrogen-bond acceptors (Lipinski definition) is 4. The third kappa shape index (κ3) is 6.00. The van der Waals surface area contributed by atoms with Gasteiger partial charge >= 0.3 is 5.97 Å². The second kappa shape index (κ2) is 9.97. The summed E-state index contributed by atoms with van der Waals surface area (Å²) >= 11 is 5.97. The van der Waals surface area contributed by atoms with E-state index < -0.39 is 18.0 Å². The van der Waals surface area contributed by atoms with Gasteiger partial charge in [0.1, 0.15) is 5.75 Å². The molecule has 0 spiro atoms. The smallest absolute Gasteiger partial charge is 0.344 e. The zero-order valence-corrected chi connectivity index (χ0v) is 16.5. The Hall–Kier alpha value is -2.53. The fourth-order valence-corrected chi connectivity index (χ4v) is 2.67. The zero-order valence-electron chi connectivity index (χ0n) is 15.7. The van der Waals surface area contributed by atoms with Crippen molar-refractivity contribution in [2.45, 2.75) is 39.2 Å². The minimum absolute atomic E-state index is 0.309. The highest BCUT2D eigenvalue weighted by molar-refractivity contribution is 6.32. The molecule has 2 aromatic carbocycles. The Labute approximate surface area is 164 Å². The van der Waals surface area contributed by atoms with Crippen molar-refractivity contribution < 1.29 is 19.1 Å². The molecule has 2 atom stereocenters. The van der Waals surface area contributed by atoms with Crippen LogP contribution in [0, 0.1) is 0 Å². The molecule has 0 fully saturated rings. The van der Waals surface area contributed by atoms with Gasteiger partial charge in [-0.25, -0.2) is 4.79 Å². The third-order valence-corrected chi connectivity index (χ3v) is 4.53. The molecule has 0 aromatic heterocycles. The number of para-hydroxylation sites is 2. The molecule has 144 valence electrons. The van der Waals surface area contributed by atoms with E-state index in [0.29, 0.717) is 16.7 Å². The molecule has 27 heavy (non-hydrogen) atoms. The average molecular weight is 390 g/mol. The Balaban J connectivity index is 1.90. The van der Waals surface area contributed by atoms with Gasteiger partial charge in [0.15, 0.2) is 12.7 Å². The van der Waals surface area contributed by atoms with Crippen molar-refractivity contribution in [3.8, 4) is 5.75 Å². The Kier molecular flexibility index (Phi) is 7.67. The van der Waals surface area contributed by atoms with Crippen LogP contribution in [0.2, 0.25) is 5.02 Å². The predicted octanol–water partition coefficient (Wildman–Crippen LogP) is 4.80. The molecule has 2 rings (SSSR count). The Morgan fingerprint density at radius 2 is 1.74 bits per heavy atom. The van der Waals surface area contributed by atoms with Crippen molar-refractivity contribution >= 4 is 29.2 Å². The minimum Gasteiger partial charge on any atom is -0.480 e. The molecular weight excluding hydrogens is 366 g/mol. The van der Waals surface area contributed by atoms with E-state index in [1.807, 2.05) is 24.3 Å². The molecule has 0 aliphatic rings. The number of ether oxygens (including phenoxy) is 2. The maximum atomic E-state index is 12.4. The lowest BCUT2D eigenvalue weighted by Gasteiger charge is -2.18. The van der Waals surface area contributed by atoms with Crippen LogP contribution in [0.5, 0.6) is 5.75 Å². The van der Waals surface area contributed by atoms with E-state index in [9.17, 15) is 9.59 Å². The van der Waals surface area contributed by atoms with Gasteiger partial charge in [0, 0.05) is 5.69 Å². The van der Waals surface area contributed by atoms with Crippen molar-refractivity contribution in [3.63, 3.8) is 0 Å². The number of benzene rings is 2. The second-order valence-corrected chi connectivity index (χ2v) is 6.64. The van der Waals surface area contributed by atoms with Gasteiger partial charge in [-0.2, -0.15) is 0 Å². The summed E-state index contributed by atoms with van der Waals surface area (Å²) in [6.45, 7) is 5.38. The van der Waals surface area contributed by atoms with Crippen LogP contribution in [-0.4, -0.2) is 24.6 Å². The first-order valence-electron chi connectivity index (χ1n) is 8.89. The lowest BCUT2D eigenvalue weighted by atomic mass is 9.97. The standard InChI is InChI=1S/C21H24ClNO4/c1-4-14(2)16-9-5-7-11-18(16)23-21(25)15(3)27-20(24)13-26-19-12-8-6-10-17(19)22/h5-12,14-15H,4,13H2,1-3H3,(H,23,25)/t14-,15-/m1/s1. The summed E-state index contributed by atoms with van der Waals surface area (Å²) in [6.07, 6.45) is 0.00825. The first-order valence-corrected chi connectivity index (χ1v) is 9.26. The van der Waals surface area contributed by atoms with Gasteiger partial charge in [0.2, 0.25) is 0 Å². The highest BCUT2D eigenvalue weighted by atomic mass is 35.5. The first-order chi connectivity index (χ1) is 12.9. The maximum absolute atomic E-state index is 12.4. The van der Waals surface area contributed by atoms with Crippen molar-refractivity contribution in [2.75, 3.05) is 11.9 Å². The summed E-state index contributed by atoms with van der Waals surface area (Å²) in [4.78, 5) is 24.3. The molecule has 0 aliphatic carbocycles. The van der Waals surface area contributed by atoms with Crippen LogP contribution in [0.3, 0.4) is 0 Å². The van der Waals surface area contributed by atoms with Gasteiger partial charge in [-0.15, -0.1) is 0 Å². The van der Waals surface area contributed by atoms with Crippen LogP contribution in [0.25, 0.3) is 0 Å². The van der Waals surface area contributed by atoms with Crippen LogP contribution in [-0.2, 0) is 14.3 Å². The fraction of sp³-hybridized carbons (Fsp3) is 0.333. The van der Waals surface area contributed by atoms with Gasteiger partial charge in [0.25, 0.3) is 5.91 Å². The lowest BCUT2D eigenvalue weighted by Crippen LogP contribution is -2.32. The molecule has 0 bridgehead atoms. The molecule has 0 saturated carbocycles. The lowest BCUT2D eigenvalue weighted by molar-refractivity contribution is -0.155. The molecule has 2 aromatic rings. The van der Waals surface area contributed by atoms with Crippen LogP contribution in [0.15, 0.2) is 48.5 Å². The number of amides is 1. The third-order valence-electron chi connectivity index (χ3n) is 4.22. The number of anilines is 1. The quantitative estimate of drug-likeness (QED) is 0.658. The molecule has 1 N–H and O–H groups in total. The van der Waals surface area contributed by atoms with E-state index in [1.54, 1.807) is 24.3 Å². The number of carbonyl (C=O) groups excluding carboxylic acids is 2. The number of rotatable bonds is 8. The SMILES string of the molecule is CC[C@@H](C)c1ccccc1NC(=O)[C@@H](C)OC(=O)COc1ccccc1Cl. The number of nitrogens with one attached hydrogen (secondary N) is 1. The fourth-order valence-electron chi connectivity index (χ4n) is 2.48. The molecule has 0 unspecified atom stereocenters. The summed E-state index contributed by atoms with van der Waals surface area (Å²) in [5.41, 5.74) is 1.78. The van der Waals surface area contributed by atoms with E-state index >= 15 is 0 Å². The highest BCUT2D eigenvalue weighted by Gasteiger charge is 2.20. The van der Waals surface area contributed by atoms with E-state index in [0.717, 1.165) is 17.7 Å². The molecule has 0 heterocycles. The molecule has 0 radical (unpaired) electrons. The normalized spacial score (nSPS) is 12.7. The van der Waals surface area contributed by atoms with Gasteiger partial charge in [-0.1, -0.05) is 55.8 Å². The molecule has 6 heteroatoms. The summed E-state index contributed by atoms with van der Waals surface area (Å²) in [7, 11) is 0. The molecular formula is C21H24ClNO4. The van der Waals surface area contributed by atoms with Crippen molar-refractivity contribution in [3.05, 3.63) is 59.1 Å². The number of halogens is 1. The molecule has 0 saturated heterocycles. The van der Waals surface area contributed by atoms with Crippen molar-refractivity contribution in [2.24, 2.45) is 0 Å². The highest BCUT2D eigenvalue weighted by Crippen LogP contribution is 2.26. The van der Waals surface area contributed by atoms with E-state index in [4.69, 9.17) is 21.1 Å². The van der Waals surface area contributed by atoms with Crippen LogP contribution < -0.4 is 10.1 Å². The minimum atomic E-state index is -0.947. The first kappa shape index (κ1) is 20.8. The number of esters is 1. The summed E-state index contributed by atoms with van der Waals surface area (Å²) in [5, 5.41) is 3.24. The maximum Gasteiger partial charge on any atom is 0.344 e. The van der Waals surface area contributed by atoms with Gasteiger partial charge in [-0.3, -0.25) is 4.79 Å². The van der Waals surface area contributed by atoms with Crippen molar-refractivity contribution in [1.29, 1.82) is 0 Å². The average Bonchev–Trinajstić information content (AvgIpc) is 2.67. The summed E-state index contributed by atoms with van der Waals surface area (Å²) in [6, 6.07) is 14.4. The second-order valence-electron chi connectivity index (χ2n) is 6.24. The Morgan fingerprint density at radius 1 is 1.07 bits per heavy atom. The Bertz CT molecular complexity index is 793. The monoisotopic (exact) mass is 389 g/mol. The zero-order chi connectivity index (χ0) is 19.8. The van der Waals surface area contributed by atoms with E-state index in [1.165, 1.54) is 6.92 Å². The largest absolute Gasteiger partial charge is 0.480 e. The van der Waals surface area contributed by atoms with Crippen LogP contribution >= 0.6 is 11.6 Å². The summed E-state index contributed by atoms with van der Waals surface area (Å²) < 4.78 is 10.5. The number of hydrogen-bond donors (Lipinski definition) is 1. The van der Waals surface area contributed by atoms with Crippen LogP contribution in [0.4, 0.5) is 5.69 Å². The Morgan fingerprint density at radius 3 is 2.44 bits per heavy atom. The van der Waals surface area contributed by atoms with Gasteiger partial charge in [-0.05, 0) is 43.0 Å². The van der Waals surface area contributed by atoms with E-state index in [2.05, 4.69) is 19.2 Å². The van der Waals surface area contributed by atoms with Gasteiger partial charge in [0.05, 0.1) is 5.02 Å². The van der Waals surface area contributed by atoms with Gasteiger partial charge < -0.3 is 14.8 Å². The molecule has 1 amide bonds. The molecule has 5 nitrogen and oxygen atoms in total. The van der Waals surface area contributed by atoms with Crippen LogP contribution in [0.1, 0.15) is 38.7 Å². The number of carbonyl (C=O) groups is 2. The van der Waals surface area contributed by atoms with Crippen molar-refractivity contribution in [1.82, 2.24) is 0 Å². The topological polar surface area (TPSA) is 64.6 Å². The predicted molar refractivity (Wildman–Crippen MR) is 106 cm³/mol.